The quantitative estimate of drug-likeness (QED) is 0.643. The molecule has 0 radical (unpaired) electrons. The third-order valence-corrected chi connectivity index (χ3v) is 2.99. The van der Waals surface area contributed by atoms with E-state index in [4.69, 9.17) is 17.4 Å². The maximum atomic E-state index is 5.97. The van der Waals surface area contributed by atoms with E-state index in [1.807, 2.05) is 42.1 Å². The van der Waals surface area contributed by atoms with Crippen LogP contribution in [0.15, 0.2) is 36.7 Å². The first kappa shape index (κ1) is 12.1. The molecule has 0 bridgehead atoms. The molecule has 0 aliphatic rings. The van der Waals surface area contributed by atoms with Crippen molar-refractivity contribution in [3.8, 4) is 0 Å². The fraction of sp³-hybridized carbons (Fsp3) is 0.250. The molecule has 17 heavy (non-hydrogen) atoms. The molecule has 0 fully saturated rings. The average molecular weight is 251 g/mol. The molecule has 0 aliphatic heterocycles. The molecule has 1 heterocycles. The topological polar surface area (TPSA) is 55.9 Å². The second-order valence-corrected chi connectivity index (χ2v) is 4.37. The van der Waals surface area contributed by atoms with E-state index in [-0.39, 0.29) is 6.04 Å². The van der Waals surface area contributed by atoms with Crippen molar-refractivity contribution in [1.82, 2.24) is 15.0 Å². The van der Waals surface area contributed by atoms with Gasteiger partial charge in [-0.15, -0.1) is 0 Å². The van der Waals surface area contributed by atoms with Crippen molar-refractivity contribution in [3.63, 3.8) is 0 Å². The zero-order chi connectivity index (χ0) is 12.3. The highest BCUT2D eigenvalue weighted by Crippen LogP contribution is 2.20. The lowest BCUT2D eigenvalue weighted by atomic mass is 10.0. The van der Waals surface area contributed by atoms with Crippen LogP contribution in [0.2, 0.25) is 5.02 Å². The van der Waals surface area contributed by atoms with Crippen LogP contribution in [-0.4, -0.2) is 9.55 Å². The van der Waals surface area contributed by atoms with Gasteiger partial charge in [-0.3, -0.25) is 11.3 Å². The molecule has 4 nitrogen and oxygen atoms in total. The van der Waals surface area contributed by atoms with Crippen molar-refractivity contribution in [3.05, 3.63) is 53.1 Å². The molecule has 90 valence electrons. The monoisotopic (exact) mass is 250 g/mol. The van der Waals surface area contributed by atoms with E-state index in [1.165, 1.54) is 0 Å². The molecular formula is C12H15ClN4. The van der Waals surface area contributed by atoms with Crippen LogP contribution in [0, 0.1) is 0 Å². The van der Waals surface area contributed by atoms with Gasteiger partial charge in [-0.25, -0.2) is 4.98 Å². The maximum absolute atomic E-state index is 5.97. The SMILES string of the molecule is Cn1ccnc1CC(NN)c1cccc(Cl)c1. The normalized spacial score (nSPS) is 12.6. The predicted molar refractivity (Wildman–Crippen MR) is 68.4 cm³/mol. The van der Waals surface area contributed by atoms with Crippen LogP contribution in [0.4, 0.5) is 0 Å². The lowest BCUT2D eigenvalue weighted by molar-refractivity contribution is 0.530. The summed E-state index contributed by atoms with van der Waals surface area (Å²) in [6.07, 6.45) is 4.42. The van der Waals surface area contributed by atoms with Crippen LogP contribution in [0.3, 0.4) is 0 Å². The number of nitrogens with one attached hydrogen (secondary N) is 1. The number of imidazole rings is 1. The van der Waals surface area contributed by atoms with Crippen LogP contribution in [0.1, 0.15) is 17.4 Å². The first-order chi connectivity index (χ1) is 8.20. The standard InChI is InChI=1S/C12H15ClN4/c1-17-6-5-15-12(17)8-11(16-14)9-3-2-4-10(13)7-9/h2-7,11,16H,8,14H2,1H3. The van der Waals surface area contributed by atoms with Gasteiger partial charge in [0.1, 0.15) is 5.82 Å². The third-order valence-electron chi connectivity index (χ3n) is 2.76. The molecule has 1 atom stereocenters. The number of halogens is 1. The van der Waals surface area contributed by atoms with Gasteiger partial charge in [0, 0.05) is 30.9 Å². The first-order valence-corrected chi connectivity index (χ1v) is 5.76. The highest BCUT2D eigenvalue weighted by atomic mass is 35.5. The molecule has 2 aromatic rings. The van der Waals surface area contributed by atoms with E-state index in [2.05, 4.69) is 10.4 Å². The van der Waals surface area contributed by atoms with Crippen molar-refractivity contribution < 1.29 is 0 Å². The Morgan fingerprint density at radius 2 is 2.35 bits per heavy atom. The highest BCUT2D eigenvalue weighted by Gasteiger charge is 2.13. The Labute approximate surface area is 105 Å². The molecule has 0 aliphatic carbocycles. The summed E-state index contributed by atoms with van der Waals surface area (Å²) in [6.45, 7) is 0. The van der Waals surface area contributed by atoms with E-state index in [1.54, 1.807) is 6.20 Å². The molecule has 1 unspecified atom stereocenters. The molecule has 0 saturated carbocycles. The Morgan fingerprint density at radius 3 is 2.94 bits per heavy atom. The van der Waals surface area contributed by atoms with Gasteiger partial charge in [0.05, 0.1) is 6.04 Å². The summed E-state index contributed by atoms with van der Waals surface area (Å²) in [4.78, 5) is 4.29. The Morgan fingerprint density at radius 1 is 1.53 bits per heavy atom. The lowest BCUT2D eigenvalue weighted by Gasteiger charge is -2.16. The van der Waals surface area contributed by atoms with E-state index in [0.29, 0.717) is 5.02 Å². The van der Waals surface area contributed by atoms with Crippen molar-refractivity contribution in [2.75, 3.05) is 0 Å². The van der Waals surface area contributed by atoms with Crippen LogP contribution >= 0.6 is 11.6 Å². The van der Waals surface area contributed by atoms with Gasteiger partial charge in [-0.05, 0) is 17.7 Å². The summed E-state index contributed by atoms with van der Waals surface area (Å²) in [7, 11) is 1.97. The van der Waals surface area contributed by atoms with Crippen molar-refractivity contribution in [2.24, 2.45) is 12.9 Å². The van der Waals surface area contributed by atoms with Gasteiger partial charge in [0.25, 0.3) is 0 Å². The number of benzene rings is 1. The zero-order valence-electron chi connectivity index (χ0n) is 9.60. The van der Waals surface area contributed by atoms with Gasteiger partial charge < -0.3 is 4.57 Å². The minimum Gasteiger partial charge on any atom is -0.338 e. The van der Waals surface area contributed by atoms with Crippen LogP contribution in [-0.2, 0) is 13.5 Å². The zero-order valence-corrected chi connectivity index (χ0v) is 10.4. The molecular weight excluding hydrogens is 236 g/mol. The number of aryl methyl sites for hydroxylation is 1. The van der Waals surface area contributed by atoms with Crippen molar-refractivity contribution in [1.29, 1.82) is 0 Å². The molecule has 5 heteroatoms. The highest BCUT2D eigenvalue weighted by molar-refractivity contribution is 6.30. The molecule has 1 aromatic heterocycles. The summed E-state index contributed by atoms with van der Waals surface area (Å²) in [5.41, 5.74) is 3.86. The lowest BCUT2D eigenvalue weighted by Crippen LogP contribution is -2.30. The summed E-state index contributed by atoms with van der Waals surface area (Å²) in [5.74, 6) is 6.57. The second-order valence-electron chi connectivity index (χ2n) is 3.93. The fourth-order valence-corrected chi connectivity index (χ4v) is 1.97. The Bertz CT molecular complexity index is 495. The van der Waals surface area contributed by atoms with Gasteiger partial charge in [-0.1, -0.05) is 23.7 Å². The summed E-state index contributed by atoms with van der Waals surface area (Å²) in [5, 5.41) is 0.711. The Balaban J connectivity index is 2.20. The minimum atomic E-state index is 0.00907. The largest absolute Gasteiger partial charge is 0.338 e. The van der Waals surface area contributed by atoms with Gasteiger partial charge in [-0.2, -0.15) is 0 Å². The Hall–Kier alpha value is -1.36. The van der Waals surface area contributed by atoms with E-state index in [0.717, 1.165) is 17.8 Å². The van der Waals surface area contributed by atoms with Crippen LogP contribution < -0.4 is 11.3 Å². The number of nitrogens with two attached hydrogens (primary N) is 1. The third kappa shape index (κ3) is 2.85. The molecule has 3 N–H and O–H groups in total. The first-order valence-electron chi connectivity index (χ1n) is 5.38. The van der Waals surface area contributed by atoms with E-state index < -0.39 is 0 Å². The van der Waals surface area contributed by atoms with Gasteiger partial charge >= 0.3 is 0 Å². The second kappa shape index (κ2) is 5.31. The van der Waals surface area contributed by atoms with Crippen LogP contribution in [0.5, 0.6) is 0 Å². The molecule has 0 amide bonds. The summed E-state index contributed by atoms with van der Waals surface area (Å²) in [6, 6.07) is 7.68. The molecule has 2 rings (SSSR count). The average Bonchev–Trinajstić information content (AvgIpc) is 2.71. The maximum Gasteiger partial charge on any atom is 0.110 e. The number of rotatable bonds is 4. The van der Waals surface area contributed by atoms with E-state index in [9.17, 15) is 0 Å². The number of nitrogens with zero attached hydrogens (tertiary/aromatic N) is 2. The van der Waals surface area contributed by atoms with Crippen LogP contribution in [0.25, 0.3) is 0 Å². The number of hydrogen-bond acceptors (Lipinski definition) is 3. The summed E-state index contributed by atoms with van der Waals surface area (Å²) >= 11 is 5.97. The predicted octanol–water partition coefficient (Wildman–Crippen LogP) is 1.82. The minimum absolute atomic E-state index is 0.00907. The molecule has 0 spiro atoms. The summed E-state index contributed by atoms with van der Waals surface area (Å²) < 4.78 is 1.98. The molecule has 0 saturated heterocycles. The van der Waals surface area contributed by atoms with Gasteiger partial charge in [0.2, 0.25) is 0 Å². The van der Waals surface area contributed by atoms with Crippen molar-refractivity contribution >= 4 is 11.6 Å². The number of aromatic nitrogens is 2. The van der Waals surface area contributed by atoms with E-state index >= 15 is 0 Å². The number of hydrazine groups is 1. The van der Waals surface area contributed by atoms with Crippen molar-refractivity contribution in [2.45, 2.75) is 12.5 Å². The smallest absolute Gasteiger partial charge is 0.110 e. The molecule has 1 aromatic carbocycles. The fourth-order valence-electron chi connectivity index (χ4n) is 1.77. The Kier molecular flexibility index (Phi) is 3.78. The van der Waals surface area contributed by atoms with Gasteiger partial charge in [0.15, 0.2) is 0 Å². The number of hydrogen-bond donors (Lipinski definition) is 2.